The highest BCUT2D eigenvalue weighted by Gasteiger charge is 2.14. The normalized spacial score (nSPS) is 10.3. The number of nitrogens with one attached hydrogen (secondary N) is 3. The molecule has 0 atom stereocenters. The van der Waals surface area contributed by atoms with E-state index < -0.39 is 6.03 Å². The van der Waals surface area contributed by atoms with E-state index in [4.69, 9.17) is 27.9 Å². The fraction of sp³-hybridized carbons (Fsp3) is 0.0909. The van der Waals surface area contributed by atoms with Gasteiger partial charge in [-0.05, 0) is 48.9 Å². The first-order valence-corrected chi connectivity index (χ1v) is 9.71. The Morgan fingerprint density at radius 2 is 1.57 bits per heavy atom. The van der Waals surface area contributed by atoms with Crippen molar-refractivity contribution in [3.05, 3.63) is 81.8 Å². The lowest BCUT2D eigenvalue weighted by molar-refractivity contribution is 0.102. The first-order valence-electron chi connectivity index (χ1n) is 8.95. The maximum Gasteiger partial charge on any atom is 0.323 e. The van der Waals surface area contributed by atoms with E-state index in [2.05, 4.69) is 16.0 Å². The van der Waals surface area contributed by atoms with Gasteiger partial charge in [-0.25, -0.2) is 4.79 Å². The van der Waals surface area contributed by atoms with E-state index in [0.29, 0.717) is 38.4 Å². The quantitative estimate of drug-likeness (QED) is 0.438. The van der Waals surface area contributed by atoms with Crippen molar-refractivity contribution >= 4 is 52.2 Å². The highest BCUT2D eigenvalue weighted by molar-refractivity contribution is 6.42. The number of anilines is 3. The summed E-state index contributed by atoms with van der Waals surface area (Å²) in [5.74, 6) is 0.159. The van der Waals surface area contributed by atoms with Gasteiger partial charge in [0, 0.05) is 23.0 Å². The number of carbonyl (C=O) groups excluding carboxylic acids is 2. The van der Waals surface area contributed by atoms with Crippen molar-refractivity contribution in [3.63, 3.8) is 0 Å². The number of benzene rings is 3. The zero-order valence-electron chi connectivity index (χ0n) is 16.3. The Kier molecular flexibility index (Phi) is 6.82. The first kappa shape index (κ1) is 21.5. The van der Waals surface area contributed by atoms with Crippen LogP contribution < -0.4 is 20.7 Å². The number of hydrogen-bond donors (Lipinski definition) is 3. The van der Waals surface area contributed by atoms with Gasteiger partial charge in [0.15, 0.2) is 0 Å². The summed E-state index contributed by atoms with van der Waals surface area (Å²) in [7, 11) is 1.48. The van der Waals surface area contributed by atoms with Gasteiger partial charge in [0.2, 0.25) is 0 Å². The maximum absolute atomic E-state index is 12.4. The number of methoxy groups -OCH3 is 1. The average molecular weight is 444 g/mol. The number of amides is 3. The second kappa shape index (κ2) is 9.52. The van der Waals surface area contributed by atoms with Crippen molar-refractivity contribution in [2.45, 2.75) is 6.92 Å². The van der Waals surface area contributed by atoms with Gasteiger partial charge in [0.05, 0.1) is 22.8 Å². The van der Waals surface area contributed by atoms with Crippen LogP contribution in [0.2, 0.25) is 10.0 Å². The van der Waals surface area contributed by atoms with Gasteiger partial charge in [-0.1, -0.05) is 41.4 Å². The van der Waals surface area contributed by atoms with Gasteiger partial charge >= 0.3 is 6.03 Å². The number of hydrogen-bond acceptors (Lipinski definition) is 3. The van der Waals surface area contributed by atoms with Crippen LogP contribution >= 0.6 is 23.2 Å². The molecule has 3 rings (SSSR count). The Morgan fingerprint density at radius 1 is 0.833 bits per heavy atom. The van der Waals surface area contributed by atoms with Gasteiger partial charge in [-0.3, -0.25) is 4.79 Å². The van der Waals surface area contributed by atoms with Crippen molar-refractivity contribution in [3.8, 4) is 5.75 Å². The zero-order chi connectivity index (χ0) is 21.7. The molecule has 30 heavy (non-hydrogen) atoms. The molecule has 0 aliphatic rings. The van der Waals surface area contributed by atoms with Crippen LogP contribution in [0.15, 0.2) is 60.7 Å². The highest BCUT2D eigenvalue weighted by Crippen LogP contribution is 2.32. The third kappa shape index (κ3) is 5.23. The maximum atomic E-state index is 12.4. The Balaban J connectivity index is 1.75. The molecule has 3 aromatic rings. The van der Waals surface area contributed by atoms with Crippen molar-refractivity contribution in [1.29, 1.82) is 0 Å². The molecule has 0 aliphatic heterocycles. The molecule has 6 nitrogen and oxygen atoms in total. The summed E-state index contributed by atoms with van der Waals surface area (Å²) in [6.07, 6.45) is 0. The molecule has 0 bridgehead atoms. The Bertz CT molecular complexity index is 1090. The van der Waals surface area contributed by atoms with Crippen molar-refractivity contribution in [1.82, 2.24) is 0 Å². The lowest BCUT2D eigenvalue weighted by Gasteiger charge is -2.16. The van der Waals surface area contributed by atoms with Crippen LogP contribution in [0.25, 0.3) is 0 Å². The number of halogens is 2. The minimum atomic E-state index is -0.479. The second-order valence-corrected chi connectivity index (χ2v) is 7.21. The summed E-state index contributed by atoms with van der Waals surface area (Å²) < 4.78 is 5.38. The molecule has 0 aliphatic carbocycles. The average Bonchev–Trinajstić information content (AvgIpc) is 2.73. The molecule has 3 N–H and O–H groups in total. The number of carbonyl (C=O) groups is 2. The summed E-state index contributed by atoms with van der Waals surface area (Å²) >= 11 is 11.9. The molecule has 0 heterocycles. The zero-order valence-corrected chi connectivity index (χ0v) is 17.8. The number of aryl methyl sites for hydroxylation is 1. The van der Waals surface area contributed by atoms with Crippen LogP contribution in [0, 0.1) is 6.92 Å². The van der Waals surface area contributed by atoms with Crippen LogP contribution in [-0.4, -0.2) is 19.0 Å². The topological polar surface area (TPSA) is 79.5 Å². The standard InChI is InChI=1S/C22H19Cl2N3O3/c1-13-10-19(27-22(29)25-15-8-9-16(23)17(24)11-15)20(30-2)12-18(13)26-21(28)14-6-4-3-5-7-14/h3-12H,1-2H3,(H,26,28)(H2,25,27,29). The molecule has 0 spiro atoms. The van der Waals surface area contributed by atoms with Gasteiger partial charge in [-0.15, -0.1) is 0 Å². The fourth-order valence-corrected chi connectivity index (χ4v) is 3.03. The third-order valence-electron chi connectivity index (χ3n) is 4.26. The predicted molar refractivity (Wildman–Crippen MR) is 121 cm³/mol. The molecule has 0 unspecified atom stereocenters. The van der Waals surface area contributed by atoms with E-state index in [9.17, 15) is 9.59 Å². The van der Waals surface area contributed by atoms with Crippen molar-refractivity contribution in [2.75, 3.05) is 23.1 Å². The molecule has 0 radical (unpaired) electrons. The number of urea groups is 1. The predicted octanol–water partition coefficient (Wildman–Crippen LogP) is 6.21. The Labute approximate surface area is 184 Å². The molecule has 0 fully saturated rings. The van der Waals surface area contributed by atoms with Gasteiger partial charge in [-0.2, -0.15) is 0 Å². The smallest absolute Gasteiger partial charge is 0.323 e. The van der Waals surface area contributed by atoms with E-state index in [-0.39, 0.29) is 5.91 Å². The summed E-state index contributed by atoms with van der Waals surface area (Å²) in [6, 6.07) is 16.6. The van der Waals surface area contributed by atoms with E-state index in [1.54, 1.807) is 54.6 Å². The van der Waals surface area contributed by atoms with Crippen LogP contribution in [0.5, 0.6) is 5.75 Å². The van der Waals surface area contributed by atoms with E-state index >= 15 is 0 Å². The van der Waals surface area contributed by atoms with Crippen LogP contribution in [-0.2, 0) is 0 Å². The molecule has 8 heteroatoms. The number of ether oxygens (including phenoxy) is 1. The molecular formula is C22H19Cl2N3O3. The first-order chi connectivity index (χ1) is 14.4. The van der Waals surface area contributed by atoms with E-state index in [1.807, 2.05) is 13.0 Å². The third-order valence-corrected chi connectivity index (χ3v) is 5.00. The SMILES string of the molecule is COc1cc(NC(=O)c2ccccc2)c(C)cc1NC(=O)Nc1ccc(Cl)c(Cl)c1. The Morgan fingerprint density at radius 3 is 2.23 bits per heavy atom. The van der Waals surface area contributed by atoms with Crippen molar-refractivity contribution in [2.24, 2.45) is 0 Å². The highest BCUT2D eigenvalue weighted by atomic mass is 35.5. The van der Waals surface area contributed by atoms with E-state index in [1.165, 1.54) is 7.11 Å². The summed E-state index contributed by atoms with van der Waals surface area (Å²) in [6.45, 7) is 1.82. The van der Waals surface area contributed by atoms with Gasteiger partial charge in [0.25, 0.3) is 5.91 Å². The molecule has 0 saturated carbocycles. The largest absolute Gasteiger partial charge is 0.494 e. The lowest BCUT2D eigenvalue weighted by atomic mass is 10.1. The number of rotatable bonds is 5. The van der Waals surface area contributed by atoms with Gasteiger partial charge < -0.3 is 20.7 Å². The fourth-order valence-electron chi connectivity index (χ4n) is 2.73. The van der Waals surface area contributed by atoms with Gasteiger partial charge in [0.1, 0.15) is 5.75 Å². The molecular weight excluding hydrogens is 425 g/mol. The monoisotopic (exact) mass is 443 g/mol. The minimum Gasteiger partial charge on any atom is -0.494 e. The van der Waals surface area contributed by atoms with Crippen molar-refractivity contribution < 1.29 is 14.3 Å². The summed E-state index contributed by atoms with van der Waals surface area (Å²) in [5.41, 5.74) is 2.81. The van der Waals surface area contributed by atoms with Crippen LogP contribution in [0.4, 0.5) is 21.9 Å². The molecule has 3 amide bonds. The van der Waals surface area contributed by atoms with Crippen LogP contribution in [0.1, 0.15) is 15.9 Å². The van der Waals surface area contributed by atoms with E-state index in [0.717, 1.165) is 5.56 Å². The second-order valence-electron chi connectivity index (χ2n) is 6.40. The lowest BCUT2D eigenvalue weighted by Crippen LogP contribution is -2.20. The minimum absolute atomic E-state index is 0.237. The molecule has 154 valence electrons. The molecule has 0 saturated heterocycles. The molecule has 0 aromatic heterocycles. The summed E-state index contributed by atoms with van der Waals surface area (Å²) in [4.78, 5) is 24.8. The molecule has 3 aromatic carbocycles. The summed E-state index contributed by atoms with van der Waals surface area (Å²) in [5, 5.41) is 9.00. The van der Waals surface area contributed by atoms with Crippen LogP contribution in [0.3, 0.4) is 0 Å². The Hall–Kier alpha value is -3.22.